The summed E-state index contributed by atoms with van der Waals surface area (Å²) in [5.41, 5.74) is 5.64. The monoisotopic (exact) mass is 230 g/mol. The summed E-state index contributed by atoms with van der Waals surface area (Å²) < 4.78 is 26.4. The fourth-order valence-corrected chi connectivity index (χ4v) is 2.95. The lowest BCUT2D eigenvalue weighted by atomic mass is 10.4. The zero-order valence-corrected chi connectivity index (χ0v) is 9.26. The largest absolute Gasteiger partial charge is 0.326 e. The van der Waals surface area contributed by atoms with Crippen molar-refractivity contribution in [3.8, 4) is 0 Å². The van der Waals surface area contributed by atoms with Gasteiger partial charge in [-0.1, -0.05) is 0 Å². The molecule has 1 heterocycles. The molecule has 1 aromatic heterocycles. The third-order valence-corrected chi connectivity index (χ3v) is 4.20. The van der Waals surface area contributed by atoms with Gasteiger partial charge >= 0.3 is 0 Å². The number of sulfonamides is 1. The molecular weight excluding hydrogens is 216 g/mol. The van der Waals surface area contributed by atoms with Crippen molar-refractivity contribution in [3.05, 3.63) is 11.8 Å². The molecule has 0 spiro atoms. The van der Waals surface area contributed by atoms with E-state index >= 15 is 0 Å². The van der Waals surface area contributed by atoms with Gasteiger partial charge in [0.25, 0.3) is 10.0 Å². The van der Waals surface area contributed by atoms with Crippen LogP contribution in [0.4, 0.5) is 0 Å². The van der Waals surface area contributed by atoms with Gasteiger partial charge in [-0.15, -0.1) is 0 Å². The maximum absolute atomic E-state index is 11.9. The summed E-state index contributed by atoms with van der Waals surface area (Å²) >= 11 is 0. The molecule has 0 aliphatic heterocycles. The summed E-state index contributed by atoms with van der Waals surface area (Å²) in [4.78, 5) is 0. The first-order chi connectivity index (χ1) is 6.97. The van der Waals surface area contributed by atoms with E-state index in [-0.39, 0.29) is 17.1 Å². The molecule has 0 saturated heterocycles. The average molecular weight is 230 g/mol. The van der Waals surface area contributed by atoms with Crippen molar-refractivity contribution in [1.29, 1.82) is 0 Å². The third kappa shape index (κ3) is 2.04. The lowest BCUT2D eigenvalue weighted by molar-refractivity contribution is 0.553. The van der Waals surface area contributed by atoms with E-state index in [0.717, 1.165) is 12.8 Å². The summed E-state index contributed by atoms with van der Waals surface area (Å²) in [6.45, 7) is 2.03. The highest BCUT2D eigenvalue weighted by Crippen LogP contribution is 2.35. The molecule has 6 nitrogen and oxygen atoms in total. The van der Waals surface area contributed by atoms with Gasteiger partial charge in [-0.25, -0.2) is 13.1 Å². The van der Waals surface area contributed by atoms with E-state index in [4.69, 9.17) is 5.73 Å². The van der Waals surface area contributed by atoms with Crippen molar-refractivity contribution < 1.29 is 8.42 Å². The number of nitrogens with two attached hydrogens (primary N) is 1. The predicted molar refractivity (Wildman–Crippen MR) is 54.4 cm³/mol. The van der Waals surface area contributed by atoms with Gasteiger partial charge in [0, 0.05) is 17.6 Å². The number of hydrogen-bond acceptors (Lipinski definition) is 4. The van der Waals surface area contributed by atoms with Crippen LogP contribution in [0.5, 0.6) is 0 Å². The Morgan fingerprint density at radius 1 is 1.67 bits per heavy atom. The lowest BCUT2D eigenvalue weighted by Crippen LogP contribution is -2.35. The summed E-state index contributed by atoms with van der Waals surface area (Å²) in [6, 6.07) is 0. The number of aromatic nitrogens is 2. The molecule has 1 aromatic rings. The fourth-order valence-electron chi connectivity index (χ4n) is 1.34. The molecule has 1 aliphatic rings. The van der Waals surface area contributed by atoms with Crippen LogP contribution < -0.4 is 10.5 Å². The second-order valence-electron chi connectivity index (χ2n) is 4.09. The van der Waals surface area contributed by atoms with Crippen molar-refractivity contribution in [1.82, 2.24) is 14.9 Å². The van der Waals surface area contributed by atoms with Crippen molar-refractivity contribution in [2.45, 2.75) is 36.9 Å². The maximum atomic E-state index is 11.9. The number of nitrogens with one attached hydrogen (secondary N) is 2. The quantitative estimate of drug-likeness (QED) is 0.661. The Kier molecular flexibility index (Phi) is 2.32. The van der Waals surface area contributed by atoms with Gasteiger partial charge in [-0.2, -0.15) is 5.10 Å². The van der Waals surface area contributed by atoms with E-state index in [1.54, 1.807) is 0 Å². The van der Waals surface area contributed by atoms with Gasteiger partial charge in [0.1, 0.15) is 0 Å². The van der Waals surface area contributed by atoms with E-state index in [9.17, 15) is 8.42 Å². The molecule has 0 bridgehead atoms. The molecule has 1 saturated carbocycles. The highest BCUT2D eigenvalue weighted by atomic mass is 32.2. The van der Waals surface area contributed by atoms with Crippen molar-refractivity contribution in [3.63, 3.8) is 0 Å². The molecule has 2 rings (SSSR count). The molecule has 1 fully saturated rings. The Labute approximate surface area is 88.3 Å². The topological polar surface area (TPSA) is 101 Å². The zero-order valence-electron chi connectivity index (χ0n) is 8.45. The standard InChI is InChI=1S/C8H14N4O2S/c1-8(2-3-8)12-15(13,14)7-6(4-9)5-10-11-7/h5,12H,2-4,9H2,1H3,(H,10,11). The Bertz CT molecular complexity index is 461. The first kappa shape index (κ1) is 10.6. The Hall–Kier alpha value is -0.920. The number of H-pyrrole nitrogens is 1. The minimum absolute atomic E-state index is 0.0816. The second kappa shape index (κ2) is 3.29. The van der Waals surface area contributed by atoms with Crippen LogP contribution in [0, 0.1) is 0 Å². The number of rotatable bonds is 4. The third-order valence-electron chi connectivity index (χ3n) is 2.55. The Morgan fingerprint density at radius 2 is 2.33 bits per heavy atom. The molecule has 0 aromatic carbocycles. The SMILES string of the molecule is CC1(NS(=O)(=O)c2[nH]ncc2CN)CC1. The molecule has 0 unspecified atom stereocenters. The molecule has 0 atom stereocenters. The lowest BCUT2D eigenvalue weighted by Gasteiger charge is -2.11. The molecular formula is C8H14N4O2S. The van der Waals surface area contributed by atoms with E-state index in [2.05, 4.69) is 14.9 Å². The molecule has 4 N–H and O–H groups in total. The van der Waals surface area contributed by atoms with Gasteiger partial charge < -0.3 is 5.73 Å². The Balaban J connectivity index is 2.29. The fraction of sp³-hybridized carbons (Fsp3) is 0.625. The molecule has 1 aliphatic carbocycles. The van der Waals surface area contributed by atoms with Crippen molar-refractivity contribution in [2.24, 2.45) is 5.73 Å². The number of aromatic amines is 1. The highest BCUT2D eigenvalue weighted by Gasteiger charge is 2.42. The minimum atomic E-state index is -3.50. The summed E-state index contributed by atoms with van der Waals surface area (Å²) in [7, 11) is -3.50. The smallest absolute Gasteiger partial charge is 0.258 e. The van der Waals surface area contributed by atoms with Crippen LogP contribution in [0.3, 0.4) is 0 Å². The summed E-state index contributed by atoms with van der Waals surface area (Å²) in [6.07, 6.45) is 3.18. The van der Waals surface area contributed by atoms with Crippen LogP contribution in [0.1, 0.15) is 25.3 Å². The first-order valence-corrected chi connectivity index (χ1v) is 6.21. The first-order valence-electron chi connectivity index (χ1n) is 4.73. The average Bonchev–Trinajstić information content (AvgIpc) is 2.70. The normalized spacial score (nSPS) is 19.1. The van der Waals surface area contributed by atoms with E-state index in [1.165, 1.54) is 6.20 Å². The summed E-state index contributed by atoms with van der Waals surface area (Å²) in [5, 5.41) is 6.23. The molecule has 84 valence electrons. The minimum Gasteiger partial charge on any atom is -0.326 e. The molecule has 7 heteroatoms. The van der Waals surface area contributed by atoms with E-state index in [1.807, 2.05) is 6.92 Å². The number of nitrogens with zero attached hydrogens (tertiary/aromatic N) is 1. The number of hydrogen-bond donors (Lipinski definition) is 3. The summed E-state index contributed by atoms with van der Waals surface area (Å²) in [5.74, 6) is 0. The van der Waals surface area contributed by atoms with Crippen LogP contribution in [-0.2, 0) is 16.6 Å². The predicted octanol–water partition coefficient (Wildman–Crippen LogP) is -0.301. The van der Waals surface area contributed by atoms with Gasteiger partial charge in [0.15, 0.2) is 5.03 Å². The maximum Gasteiger partial charge on any atom is 0.258 e. The van der Waals surface area contributed by atoms with Crippen LogP contribution in [0.25, 0.3) is 0 Å². The molecule has 15 heavy (non-hydrogen) atoms. The van der Waals surface area contributed by atoms with Gasteiger partial charge in [0.05, 0.1) is 6.20 Å². The van der Waals surface area contributed by atoms with Crippen LogP contribution in [-0.4, -0.2) is 24.2 Å². The van der Waals surface area contributed by atoms with E-state index < -0.39 is 10.0 Å². The molecule has 0 radical (unpaired) electrons. The van der Waals surface area contributed by atoms with Crippen LogP contribution in [0.15, 0.2) is 11.2 Å². The zero-order chi connectivity index (χ0) is 11.1. The van der Waals surface area contributed by atoms with Crippen LogP contribution >= 0.6 is 0 Å². The second-order valence-corrected chi connectivity index (χ2v) is 5.71. The van der Waals surface area contributed by atoms with Crippen LogP contribution in [0.2, 0.25) is 0 Å². The Morgan fingerprint density at radius 3 is 2.87 bits per heavy atom. The van der Waals surface area contributed by atoms with E-state index in [0.29, 0.717) is 5.56 Å². The van der Waals surface area contributed by atoms with Crippen molar-refractivity contribution in [2.75, 3.05) is 0 Å². The van der Waals surface area contributed by atoms with Gasteiger partial charge in [0.2, 0.25) is 0 Å². The van der Waals surface area contributed by atoms with Gasteiger partial charge in [-0.05, 0) is 19.8 Å². The highest BCUT2D eigenvalue weighted by molar-refractivity contribution is 7.89. The van der Waals surface area contributed by atoms with Gasteiger partial charge in [-0.3, -0.25) is 5.10 Å². The van der Waals surface area contributed by atoms with Crippen molar-refractivity contribution >= 4 is 10.0 Å². The molecule has 0 amide bonds.